The average molecular weight is 553 g/mol. The Hall–Kier alpha value is -3.62. The van der Waals surface area contributed by atoms with Gasteiger partial charge in [-0.15, -0.1) is 0 Å². The summed E-state index contributed by atoms with van der Waals surface area (Å²) in [6, 6.07) is 15.8. The maximum atomic E-state index is 12.2. The van der Waals surface area contributed by atoms with E-state index in [1.807, 2.05) is 90.1 Å². The van der Waals surface area contributed by atoms with Crippen molar-refractivity contribution in [3.8, 4) is 0 Å². The minimum atomic E-state index is -0.593. The number of amides is 2. The lowest BCUT2D eigenvalue weighted by atomic mass is 9.93. The molecule has 2 aromatic rings. The van der Waals surface area contributed by atoms with Crippen molar-refractivity contribution in [3.63, 3.8) is 0 Å². The molecule has 0 saturated carbocycles. The number of ether oxygens (including phenoxy) is 4. The van der Waals surface area contributed by atoms with Gasteiger partial charge in [0, 0.05) is 0 Å². The minimum absolute atomic E-state index is 0.117. The fourth-order valence-electron chi connectivity index (χ4n) is 3.78. The summed E-state index contributed by atoms with van der Waals surface area (Å²) in [5.41, 5.74) is 4.82. The summed E-state index contributed by atoms with van der Waals surface area (Å²) in [5.74, 6) is 0. The first-order valence-corrected chi connectivity index (χ1v) is 13.4. The number of benzene rings is 2. The van der Waals surface area contributed by atoms with Crippen molar-refractivity contribution in [1.82, 2.24) is 10.6 Å². The first kappa shape index (κ1) is 32.6. The summed E-state index contributed by atoms with van der Waals surface area (Å²) >= 11 is 0. The van der Waals surface area contributed by atoms with Gasteiger partial charge in [-0.1, -0.05) is 72.8 Å². The van der Waals surface area contributed by atoms with E-state index in [-0.39, 0.29) is 26.4 Å². The van der Waals surface area contributed by atoms with Gasteiger partial charge in [0.05, 0.1) is 37.5 Å². The van der Waals surface area contributed by atoms with E-state index in [4.69, 9.17) is 18.9 Å². The summed E-state index contributed by atoms with van der Waals surface area (Å²) in [5, 5.41) is 5.74. The van der Waals surface area contributed by atoms with E-state index in [1.165, 1.54) is 0 Å². The highest BCUT2D eigenvalue weighted by Crippen LogP contribution is 2.23. The standard InChI is InChI=1S/C32H44N2O6/c1-23(2)25-9-13-27(14-10-25)31(5,6)33-29(35)39-21-19-37-17-18-38-20-22-40-30(36)34-32(7,8)28-15-11-26(12-16-28)24(3)4/h9-16H,1,3,17-22H2,2,4-8H3,(H,33,35)(H,34,36). The molecule has 2 aromatic carbocycles. The molecule has 2 rings (SSSR count). The molecule has 0 aliphatic rings. The molecule has 0 unspecified atom stereocenters. The summed E-state index contributed by atoms with van der Waals surface area (Å²) in [7, 11) is 0. The third-order valence-electron chi connectivity index (χ3n) is 6.32. The Morgan fingerprint density at radius 1 is 0.600 bits per heavy atom. The quantitative estimate of drug-likeness (QED) is 0.248. The average Bonchev–Trinajstić information content (AvgIpc) is 2.89. The van der Waals surface area contributed by atoms with Gasteiger partial charge in [-0.3, -0.25) is 0 Å². The molecule has 0 saturated heterocycles. The topological polar surface area (TPSA) is 95.1 Å². The Bertz CT molecular complexity index is 1050. The predicted octanol–water partition coefficient (Wildman–Crippen LogP) is 6.41. The predicted molar refractivity (Wildman–Crippen MR) is 159 cm³/mol. The van der Waals surface area contributed by atoms with E-state index in [1.54, 1.807) is 0 Å². The van der Waals surface area contributed by atoms with Crippen LogP contribution in [0.5, 0.6) is 0 Å². The Labute approximate surface area is 238 Å². The molecule has 8 heteroatoms. The van der Waals surface area contributed by atoms with Crippen molar-refractivity contribution in [1.29, 1.82) is 0 Å². The first-order chi connectivity index (χ1) is 18.8. The fraction of sp³-hybridized carbons (Fsp3) is 0.438. The highest BCUT2D eigenvalue weighted by Gasteiger charge is 2.24. The lowest BCUT2D eigenvalue weighted by molar-refractivity contribution is 0.0143. The van der Waals surface area contributed by atoms with E-state index in [0.717, 1.165) is 33.4 Å². The first-order valence-electron chi connectivity index (χ1n) is 13.4. The van der Waals surface area contributed by atoms with Gasteiger partial charge in [-0.25, -0.2) is 9.59 Å². The van der Waals surface area contributed by atoms with Gasteiger partial charge >= 0.3 is 12.2 Å². The van der Waals surface area contributed by atoms with Crippen LogP contribution in [0.2, 0.25) is 0 Å². The van der Waals surface area contributed by atoms with Crippen LogP contribution in [0.25, 0.3) is 11.1 Å². The van der Waals surface area contributed by atoms with Crippen LogP contribution in [-0.4, -0.2) is 51.8 Å². The van der Waals surface area contributed by atoms with Crippen LogP contribution in [0.3, 0.4) is 0 Å². The van der Waals surface area contributed by atoms with Crippen LogP contribution in [0.15, 0.2) is 61.7 Å². The van der Waals surface area contributed by atoms with Gasteiger partial charge in [0.2, 0.25) is 0 Å². The molecule has 0 spiro atoms. The number of hydrogen-bond acceptors (Lipinski definition) is 6. The molecule has 218 valence electrons. The van der Waals surface area contributed by atoms with Crippen molar-refractivity contribution in [2.45, 2.75) is 52.6 Å². The zero-order valence-corrected chi connectivity index (χ0v) is 24.7. The Kier molecular flexibility index (Phi) is 12.4. The normalized spacial score (nSPS) is 11.4. The summed E-state index contributed by atoms with van der Waals surface area (Å²) in [4.78, 5) is 24.4. The second-order valence-corrected chi connectivity index (χ2v) is 10.7. The molecule has 8 nitrogen and oxygen atoms in total. The highest BCUT2D eigenvalue weighted by molar-refractivity contribution is 5.69. The number of rotatable bonds is 15. The van der Waals surface area contributed by atoms with Crippen LogP contribution < -0.4 is 10.6 Å². The van der Waals surface area contributed by atoms with E-state index >= 15 is 0 Å². The second-order valence-electron chi connectivity index (χ2n) is 10.7. The smallest absolute Gasteiger partial charge is 0.407 e. The van der Waals surface area contributed by atoms with E-state index < -0.39 is 23.3 Å². The van der Waals surface area contributed by atoms with Gasteiger partial charge in [-0.05, 0) is 63.8 Å². The largest absolute Gasteiger partial charge is 0.447 e. The zero-order chi connectivity index (χ0) is 29.8. The van der Waals surface area contributed by atoms with Crippen LogP contribution in [-0.2, 0) is 30.0 Å². The van der Waals surface area contributed by atoms with Crippen molar-refractivity contribution in [2.24, 2.45) is 0 Å². The molecular formula is C32H44N2O6. The van der Waals surface area contributed by atoms with Crippen molar-refractivity contribution >= 4 is 23.3 Å². The minimum Gasteiger partial charge on any atom is -0.447 e. The summed E-state index contributed by atoms with van der Waals surface area (Å²) in [6.07, 6.45) is -1.03. The number of carbonyl (C=O) groups excluding carboxylic acids is 2. The Balaban J connectivity index is 1.53. The second kappa shape index (κ2) is 15.2. The van der Waals surface area contributed by atoms with Crippen molar-refractivity contribution in [2.75, 3.05) is 39.6 Å². The monoisotopic (exact) mass is 552 g/mol. The number of alkyl carbamates (subject to hydrolysis) is 2. The third-order valence-corrected chi connectivity index (χ3v) is 6.32. The van der Waals surface area contributed by atoms with Gasteiger partial charge in [-0.2, -0.15) is 0 Å². The SMILES string of the molecule is C=C(C)c1ccc(C(C)(C)NC(=O)OCCOCCOCCOC(=O)NC(C)(C)c2ccc(C(=C)C)cc2)cc1. The molecule has 0 radical (unpaired) electrons. The lowest BCUT2D eigenvalue weighted by Crippen LogP contribution is -2.41. The number of allylic oxidation sites excluding steroid dienone is 2. The Morgan fingerprint density at radius 3 is 1.20 bits per heavy atom. The molecule has 0 fully saturated rings. The lowest BCUT2D eigenvalue weighted by Gasteiger charge is -2.26. The molecule has 40 heavy (non-hydrogen) atoms. The van der Waals surface area contributed by atoms with Gasteiger partial charge in [0.15, 0.2) is 0 Å². The maximum Gasteiger partial charge on any atom is 0.407 e. The zero-order valence-electron chi connectivity index (χ0n) is 24.7. The third kappa shape index (κ3) is 10.9. The number of nitrogens with one attached hydrogen (secondary N) is 2. The molecule has 2 amide bonds. The van der Waals surface area contributed by atoms with Crippen molar-refractivity contribution in [3.05, 3.63) is 83.9 Å². The highest BCUT2D eigenvalue weighted by atomic mass is 16.6. The van der Waals surface area contributed by atoms with Crippen LogP contribution in [0.4, 0.5) is 9.59 Å². The summed E-state index contributed by atoms with van der Waals surface area (Å²) in [6.45, 7) is 20.8. The molecule has 0 aliphatic carbocycles. The number of hydrogen-bond donors (Lipinski definition) is 2. The molecule has 0 atom stereocenters. The van der Waals surface area contributed by atoms with Gasteiger partial charge in [0.1, 0.15) is 13.2 Å². The molecular weight excluding hydrogens is 508 g/mol. The molecule has 0 aromatic heterocycles. The number of carbonyl (C=O) groups is 2. The van der Waals surface area contributed by atoms with Crippen LogP contribution in [0.1, 0.15) is 63.8 Å². The summed E-state index contributed by atoms with van der Waals surface area (Å²) < 4.78 is 21.3. The van der Waals surface area contributed by atoms with Crippen molar-refractivity contribution < 1.29 is 28.5 Å². The molecule has 2 N–H and O–H groups in total. The molecule has 0 bridgehead atoms. The molecule has 0 heterocycles. The van der Waals surface area contributed by atoms with Gasteiger partial charge in [0.25, 0.3) is 0 Å². The van der Waals surface area contributed by atoms with Gasteiger partial charge < -0.3 is 29.6 Å². The van der Waals surface area contributed by atoms with E-state index in [9.17, 15) is 9.59 Å². The molecule has 0 aliphatic heterocycles. The van der Waals surface area contributed by atoms with E-state index in [0.29, 0.717) is 13.2 Å². The fourth-order valence-corrected chi connectivity index (χ4v) is 3.78. The van der Waals surface area contributed by atoms with Crippen LogP contribution in [0, 0.1) is 0 Å². The van der Waals surface area contributed by atoms with E-state index in [2.05, 4.69) is 23.8 Å². The maximum absolute atomic E-state index is 12.2. The Morgan fingerprint density at radius 2 is 0.900 bits per heavy atom. The van der Waals surface area contributed by atoms with Crippen LogP contribution >= 0.6 is 0 Å².